The number of rotatable bonds is 3. The molecular formula is C15H13F4N3O2. The first-order valence-corrected chi connectivity index (χ1v) is 6.57. The van der Waals surface area contributed by atoms with Gasteiger partial charge in [0, 0.05) is 23.5 Å². The smallest absolute Gasteiger partial charge is 0.426 e. The maximum atomic E-state index is 14.5. The summed E-state index contributed by atoms with van der Waals surface area (Å²) >= 11 is 0. The molecule has 3 N–H and O–H groups in total. The molecule has 0 fully saturated rings. The van der Waals surface area contributed by atoms with Gasteiger partial charge in [0.15, 0.2) is 5.83 Å². The molecule has 0 aliphatic carbocycles. The molecule has 2 heterocycles. The molecule has 2 rings (SSSR count). The molecule has 0 aromatic carbocycles. The SMILES string of the molecule is C=CC1=C(N)C(F)=C(c2cccnc2)NC1(C(=O)OC)C(F)(F)F. The average molecular weight is 343 g/mol. The Balaban J connectivity index is 2.81. The highest BCUT2D eigenvalue weighted by Gasteiger charge is 2.66. The maximum Gasteiger partial charge on any atom is 0.426 e. The van der Waals surface area contributed by atoms with Crippen molar-refractivity contribution in [1.82, 2.24) is 10.3 Å². The second kappa shape index (κ2) is 5.99. The topological polar surface area (TPSA) is 77.2 Å². The van der Waals surface area contributed by atoms with Crippen LogP contribution in [0.15, 0.2) is 54.3 Å². The van der Waals surface area contributed by atoms with Crippen LogP contribution in [0.2, 0.25) is 0 Å². The van der Waals surface area contributed by atoms with Crippen LogP contribution in [0, 0.1) is 0 Å². The Kier molecular flexibility index (Phi) is 4.37. The summed E-state index contributed by atoms with van der Waals surface area (Å²) in [5, 5.41) is 1.91. The minimum Gasteiger partial charge on any atom is -0.467 e. The molecule has 1 aromatic heterocycles. The van der Waals surface area contributed by atoms with E-state index >= 15 is 0 Å². The van der Waals surface area contributed by atoms with Crippen LogP contribution in [0.4, 0.5) is 17.6 Å². The highest BCUT2D eigenvalue weighted by Crippen LogP contribution is 2.44. The summed E-state index contributed by atoms with van der Waals surface area (Å²) in [7, 11) is 0.785. The number of nitrogens with zero attached hydrogens (tertiary/aromatic N) is 1. The number of aromatic nitrogens is 1. The number of dihydropyridines is 1. The first kappa shape index (κ1) is 17.5. The molecule has 9 heteroatoms. The number of carbonyl (C=O) groups is 1. The van der Waals surface area contributed by atoms with Crippen LogP contribution in [0.1, 0.15) is 5.56 Å². The normalized spacial score (nSPS) is 21.4. The van der Waals surface area contributed by atoms with Crippen molar-refractivity contribution in [3.63, 3.8) is 0 Å². The van der Waals surface area contributed by atoms with E-state index in [0.717, 1.165) is 13.3 Å². The predicted octanol–water partition coefficient (Wildman–Crippen LogP) is 2.20. The second-order valence-electron chi connectivity index (χ2n) is 4.83. The van der Waals surface area contributed by atoms with Crippen molar-refractivity contribution in [2.24, 2.45) is 5.73 Å². The fourth-order valence-electron chi connectivity index (χ4n) is 2.39. The summed E-state index contributed by atoms with van der Waals surface area (Å²) in [4.78, 5) is 15.7. The van der Waals surface area contributed by atoms with Gasteiger partial charge >= 0.3 is 12.1 Å². The van der Waals surface area contributed by atoms with Crippen LogP contribution in [0.3, 0.4) is 0 Å². The zero-order chi connectivity index (χ0) is 18.1. The van der Waals surface area contributed by atoms with Crippen molar-refractivity contribution in [2.45, 2.75) is 11.7 Å². The predicted molar refractivity (Wildman–Crippen MR) is 77.6 cm³/mol. The molecule has 0 radical (unpaired) electrons. The first-order valence-electron chi connectivity index (χ1n) is 6.57. The second-order valence-corrected chi connectivity index (χ2v) is 4.83. The van der Waals surface area contributed by atoms with Gasteiger partial charge < -0.3 is 15.8 Å². The van der Waals surface area contributed by atoms with E-state index in [1.54, 1.807) is 0 Å². The van der Waals surface area contributed by atoms with Crippen LogP contribution in [0.25, 0.3) is 5.70 Å². The molecular weight excluding hydrogens is 330 g/mol. The molecule has 1 aromatic rings. The number of carbonyl (C=O) groups excluding carboxylic acids is 1. The molecule has 1 atom stereocenters. The van der Waals surface area contributed by atoms with Crippen LogP contribution in [0.5, 0.6) is 0 Å². The fourth-order valence-corrected chi connectivity index (χ4v) is 2.39. The Morgan fingerprint density at radius 1 is 1.50 bits per heavy atom. The highest BCUT2D eigenvalue weighted by molar-refractivity contribution is 5.92. The number of allylic oxidation sites excluding steroid dienone is 1. The number of halogens is 4. The zero-order valence-electron chi connectivity index (χ0n) is 12.4. The number of hydrogen-bond acceptors (Lipinski definition) is 5. The number of esters is 1. The lowest BCUT2D eigenvalue weighted by Gasteiger charge is -2.39. The van der Waals surface area contributed by atoms with Gasteiger partial charge in [-0.2, -0.15) is 13.2 Å². The van der Waals surface area contributed by atoms with Gasteiger partial charge in [-0.3, -0.25) is 4.98 Å². The number of ether oxygens (including phenoxy) is 1. The minimum atomic E-state index is -5.18. The standard InChI is InChI=1S/C15H13F4N3O2/c1-3-9-11(20)10(16)12(8-5-4-6-21-7-8)22-14(9,13(23)24-2)15(17,18)19/h3-7,22H,1,20H2,2H3. The lowest BCUT2D eigenvalue weighted by Crippen LogP contribution is -2.65. The maximum absolute atomic E-state index is 14.5. The molecule has 1 aliphatic heterocycles. The third kappa shape index (κ3) is 2.41. The van der Waals surface area contributed by atoms with E-state index < -0.39 is 40.5 Å². The Morgan fingerprint density at radius 3 is 2.62 bits per heavy atom. The van der Waals surface area contributed by atoms with Gasteiger partial charge in [0.1, 0.15) is 0 Å². The lowest BCUT2D eigenvalue weighted by molar-refractivity contribution is -0.200. The Hall–Kier alpha value is -2.84. The molecule has 0 spiro atoms. The summed E-state index contributed by atoms with van der Waals surface area (Å²) < 4.78 is 60.2. The van der Waals surface area contributed by atoms with Gasteiger partial charge in [-0.1, -0.05) is 12.7 Å². The third-order valence-electron chi connectivity index (χ3n) is 3.53. The van der Waals surface area contributed by atoms with Gasteiger partial charge in [0.2, 0.25) is 0 Å². The number of nitrogens with two attached hydrogens (primary N) is 1. The zero-order valence-corrected chi connectivity index (χ0v) is 12.4. The van der Waals surface area contributed by atoms with Gasteiger partial charge in [-0.25, -0.2) is 9.18 Å². The van der Waals surface area contributed by atoms with Crippen molar-refractivity contribution in [1.29, 1.82) is 0 Å². The lowest BCUT2D eigenvalue weighted by atomic mass is 9.83. The summed E-state index contributed by atoms with van der Waals surface area (Å²) in [5.74, 6) is -2.84. The van der Waals surface area contributed by atoms with E-state index in [2.05, 4.69) is 16.3 Å². The van der Waals surface area contributed by atoms with Gasteiger partial charge in [0.05, 0.1) is 18.5 Å². The number of nitrogens with one attached hydrogen (secondary N) is 1. The molecule has 24 heavy (non-hydrogen) atoms. The highest BCUT2D eigenvalue weighted by atomic mass is 19.4. The molecule has 1 aliphatic rings. The van der Waals surface area contributed by atoms with Crippen molar-refractivity contribution in [3.8, 4) is 0 Å². The van der Waals surface area contributed by atoms with Crippen molar-refractivity contribution < 1.29 is 27.1 Å². The van der Waals surface area contributed by atoms with Crippen molar-refractivity contribution in [2.75, 3.05) is 7.11 Å². The first-order chi connectivity index (χ1) is 11.2. The summed E-state index contributed by atoms with van der Waals surface area (Å²) in [6, 6.07) is 2.72. The van der Waals surface area contributed by atoms with E-state index in [9.17, 15) is 22.4 Å². The van der Waals surface area contributed by atoms with Crippen LogP contribution >= 0.6 is 0 Å². The Bertz CT molecular complexity index is 741. The van der Waals surface area contributed by atoms with E-state index in [4.69, 9.17) is 5.73 Å². The monoisotopic (exact) mass is 343 g/mol. The van der Waals surface area contributed by atoms with Crippen molar-refractivity contribution in [3.05, 3.63) is 59.8 Å². The van der Waals surface area contributed by atoms with E-state index in [1.807, 2.05) is 5.32 Å². The van der Waals surface area contributed by atoms with Gasteiger partial charge in [-0.05, 0) is 12.1 Å². The Morgan fingerprint density at radius 2 is 2.17 bits per heavy atom. The van der Waals surface area contributed by atoms with E-state index in [0.29, 0.717) is 6.08 Å². The van der Waals surface area contributed by atoms with Gasteiger partial charge in [-0.15, -0.1) is 0 Å². The average Bonchev–Trinajstić information content (AvgIpc) is 2.56. The quantitative estimate of drug-likeness (QED) is 0.650. The molecule has 0 amide bonds. The number of alkyl halides is 3. The van der Waals surface area contributed by atoms with Crippen LogP contribution < -0.4 is 11.1 Å². The molecule has 1 unspecified atom stereocenters. The van der Waals surface area contributed by atoms with Crippen molar-refractivity contribution >= 4 is 11.7 Å². The number of methoxy groups -OCH3 is 1. The van der Waals surface area contributed by atoms with E-state index in [-0.39, 0.29) is 5.56 Å². The number of pyridine rings is 1. The summed E-state index contributed by atoms with van der Waals surface area (Å²) in [6.07, 6.45) is -2.02. The largest absolute Gasteiger partial charge is 0.467 e. The molecule has 5 nitrogen and oxygen atoms in total. The molecule has 0 saturated heterocycles. The summed E-state index contributed by atoms with van der Waals surface area (Å²) in [6.45, 7) is 3.21. The Labute approximate surface area is 134 Å². The van der Waals surface area contributed by atoms with Crippen LogP contribution in [-0.4, -0.2) is 29.8 Å². The van der Waals surface area contributed by atoms with Crippen LogP contribution in [-0.2, 0) is 9.53 Å². The molecule has 128 valence electrons. The number of hydrogen-bond donors (Lipinski definition) is 2. The van der Waals surface area contributed by atoms with E-state index in [1.165, 1.54) is 18.3 Å². The molecule has 0 saturated carbocycles. The molecule has 0 bridgehead atoms. The minimum absolute atomic E-state index is 0.0152. The van der Waals surface area contributed by atoms with Gasteiger partial charge in [0.25, 0.3) is 5.54 Å². The fraction of sp³-hybridized carbons (Fsp3) is 0.200. The summed E-state index contributed by atoms with van der Waals surface area (Å²) in [5.41, 5.74) is -0.204. The third-order valence-corrected chi connectivity index (χ3v) is 3.53.